The summed E-state index contributed by atoms with van der Waals surface area (Å²) in [6, 6.07) is 14.9. The number of benzene rings is 3. The highest BCUT2D eigenvalue weighted by Crippen LogP contribution is 2.37. The van der Waals surface area contributed by atoms with Crippen LogP contribution in [0.3, 0.4) is 0 Å². The molecule has 8 heteroatoms. The van der Waals surface area contributed by atoms with Gasteiger partial charge in [-0.1, -0.05) is 31.9 Å². The summed E-state index contributed by atoms with van der Waals surface area (Å²) >= 11 is 3.52. The van der Waals surface area contributed by atoms with Crippen LogP contribution in [-0.4, -0.2) is 36.2 Å². The first-order chi connectivity index (χ1) is 18.8. The summed E-state index contributed by atoms with van der Waals surface area (Å²) in [5.74, 6) is 4.89. The molecule has 7 nitrogen and oxygen atoms in total. The van der Waals surface area contributed by atoms with Gasteiger partial charge in [-0.3, -0.25) is 4.79 Å². The van der Waals surface area contributed by atoms with Crippen molar-refractivity contribution >= 4 is 33.0 Å². The maximum Gasteiger partial charge on any atom is 0.282 e. The van der Waals surface area contributed by atoms with E-state index < -0.39 is 0 Å². The van der Waals surface area contributed by atoms with Crippen molar-refractivity contribution < 1.29 is 14.2 Å². The number of halogens is 1. The van der Waals surface area contributed by atoms with Gasteiger partial charge in [0.1, 0.15) is 12.4 Å². The predicted molar refractivity (Wildman–Crippen MR) is 159 cm³/mol. The van der Waals surface area contributed by atoms with Crippen molar-refractivity contribution in [3.63, 3.8) is 0 Å². The van der Waals surface area contributed by atoms with Gasteiger partial charge in [-0.2, -0.15) is 9.78 Å². The minimum absolute atomic E-state index is 0.101. The highest BCUT2D eigenvalue weighted by molar-refractivity contribution is 9.10. The van der Waals surface area contributed by atoms with E-state index >= 15 is 0 Å². The van der Waals surface area contributed by atoms with Crippen molar-refractivity contribution in [2.24, 2.45) is 5.10 Å². The SMILES string of the molecule is C#CCOc1c(Br)cc(C=Nn2c(-c3cc(C(C)C)c(OCC)cc3C)nc3ccccc3c2=O)cc1OC. The van der Waals surface area contributed by atoms with Gasteiger partial charge in [0.05, 0.1) is 35.3 Å². The number of nitrogens with zero attached hydrogens (tertiary/aromatic N) is 3. The Balaban J connectivity index is 1.92. The summed E-state index contributed by atoms with van der Waals surface area (Å²) in [6.45, 7) is 8.83. The molecule has 0 aliphatic rings. The first-order valence-corrected chi connectivity index (χ1v) is 13.4. The summed E-state index contributed by atoms with van der Waals surface area (Å²) in [5, 5.41) is 5.10. The van der Waals surface area contributed by atoms with Crippen LogP contribution in [0.1, 0.15) is 43.4 Å². The third-order valence-corrected chi connectivity index (χ3v) is 6.74. The Kier molecular flexibility index (Phi) is 8.72. The molecule has 0 unspecified atom stereocenters. The van der Waals surface area contributed by atoms with Gasteiger partial charge in [-0.05, 0) is 88.8 Å². The zero-order valence-electron chi connectivity index (χ0n) is 22.6. The fourth-order valence-electron chi connectivity index (χ4n) is 4.27. The second-order valence-electron chi connectivity index (χ2n) is 9.13. The first kappa shape index (κ1) is 27.9. The quantitative estimate of drug-likeness (QED) is 0.164. The molecule has 0 N–H and O–H groups in total. The monoisotopic (exact) mass is 587 g/mol. The van der Waals surface area contributed by atoms with Crippen molar-refractivity contribution in [1.82, 2.24) is 9.66 Å². The summed E-state index contributed by atoms with van der Waals surface area (Å²) in [6.07, 6.45) is 6.93. The van der Waals surface area contributed by atoms with Crippen molar-refractivity contribution in [3.05, 3.63) is 80.0 Å². The third-order valence-electron chi connectivity index (χ3n) is 6.15. The molecule has 4 aromatic rings. The lowest BCUT2D eigenvalue weighted by atomic mass is 9.96. The lowest BCUT2D eigenvalue weighted by molar-refractivity contribution is 0.329. The Morgan fingerprint density at radius 3 is 2.62 bits per heavy atom. The van der Waals surface area contributed by atoms with Crippen LogP contribution in [0.2, 0.25) is 0 Å². The molecule has 1 heterocycles. The number of hydrogen-bond donors (Lipinski definition) is 0. The summed E-state index contributed by atoms with van der Waals surface area (Å²) < 4.78 is 19.0. The molecule has 0 fully saturated rings. The number of terminal acetylenes is 1. The van der Waals surface area contributed by atoms with Crippen LogP contribution in [0.4, 0.5) is 0 Å². The van der Waals surface area contributed by atoms with Gasteiger partial charge in [0.25, 0.3) is 5.56 Å². The first-order valence-electron chi connectivity index (χ1n) is 12.6. The van der Waals surface area contributed by atoms with E-state index in [2.05, 4.69) is 40.8 Å². The maximum absolute atomic E-state index is 13.7. The van der Waals surface area contributed by atoms with E-state index in [-0.39, 0.29) is 18.1 Å². The van der Waals surface area contributed by atoms with E-state index in [4.69, 9.17) is 25.6 Å². The molecule has 0 saturated carbocycles. The molecular weight excluding hydrogens is 558 g/mol. The number of aryl methyl sites for hydroxylation is 1. The molecule has 0 aliphatic heterocycles. The molecule has 1 aromatic heterocycles. The Labute approximate surface area is 236 Å². The highest BCUT2D eigenvalue weighted by atomic mass is 79.9. The second kappa shape index (κ2) is 12.2. The van der Waals surface area contributed by atoms with Crippen molar-refractivity contribution in [3.8, 4) is 41.0 Å². The Bertz CT molecular complexity index is 1650. The Hall–Kier alpha value is -4.09. The minimum atomic E-state index is -0.272. The van der Waals surface area contributed by atoms with E-state index in [9.17, 15) is 4.79 Å². The highest BCUT2D eigenvalue weighted by Gasteiger charge is 2.19. The largest absolute Gasteiger partial charge is 0.494 e. The average Bonchev–Trinajstić information content (AvgIpc) is 2.91. The molecule has 0 saturated heterocycles. The molecule has 0 radical (unpaired) electrons. The van der Waals surface area contributed by atoms with Gasteiger partial charge in [0.15, 0.2) is 17.3 Å². The molecule has 0 amide bonds. The number of para-hydroxylation sites is 1. The van der Waals surface area contributed by atoms with Crippen LogP contribution >= 0.6 is 15.9 Å². The number of methoxy groups -OCH3 is 1. The minimum Gasteiger partial charge on any atom is -0.494 e. The number of fused-ring (bicyclic) bond motifs is 1. The van der Waals surface area contributed by atoms with Gasteiger partial charge >= 0.3 is 0 Å². The fourth-order valence-corrected chi connectivity index (χ4v) is 4.84. The van der Waals surface area contributed by atoms with Crippen molar-refractivity contribution in [1.29, 1.82) is 0 Å². The van der Waals surface area contributed by atoms with E-state index in [1.807, 2.05) is 50.2 Å². The molecule has 0 atom stereocenters. The smallest absolute Gasteiger partial charge is 0.282 e. The van der Waals surface area contributed by atoms with Crippen LogP contribution in [0.5, 0.6) is 17.2 Å². The fraction of sp³-hybridized carbons (Fsp3) is 0.258. The zero-order chi connectivity index (χ0) is 28.1. The topological polar surface area (TPSA) is 74.9 Å². The number of rotatable bonds is 9. The number of ether oxygens (including phenoxy) is 3. The lowest BCUT2D eigenvalue weighted by Gasteiger charge is -2.18. The van der Waals surface area contributed by atoms with Crippen molar-refractivity contribution in [2.75, 3.05) is 20.3 Å². The van der Waals surface area contributed by atoms with Gasteiger partial charge in [0, 0.05) is 5.56 Å². The lowest BCUT2D eigenvalue weighted by Crippen LogP contribution is -2.21. The molecular formula is C31H30BrN3O4. The molecule has 0 aliphatic carbocycles. The maximum atomic E-state index is 13.7. The Morgan fingerprint density at radius 1 is 1.15 bits per heavy atom. The van der Waals surface area contributed by atoms with Crippen LogP contribution in [-0.2, 0) is 0 Å². The van der Waals surface area contributed by atoms with E-state index in [1.54, 1.807) is 25.5 Å². The van der Waals surface area contributed by atoms with Crippen LogP contribution in [0.15, 0.2) is 62.9 Å². The van der Waals surface area contributed by atoms with Gasteiger partial charge in [-0.25, -0.2) is 4.98 Å². The number of aromatic nitrogens is 2. The zero-order valence-corrected chi connectivity index (χ0v) is 24.2. The predicted octanol–water partition coefficient (Wildman–Crippen LogP) is 6.56. The normalized spacial score (nSPS) is 11.2. The standard InChI is InChI=1S/C31H30BrN3O4/c1-7-13-39-29-25(32)15-21(16-28(29)37-6)18-33-35-30(34-26-12-10-9-11-22(26)31(35)36)24-17-23(19(3)4)27(38-8-2)14-20(24)5/h1,9-12,14-19H,8,13H2,2-6H3. The average molecular weight is 589 g/mol. The van der Waals surface area contributed by atoms with Crippen molar-refractivity contribution in [2.45, 2.75) is 33.6 Å². The molecule has 0 bridgehead atoms. The second-order valence-corrected chi connectivity index (χ2v) is 9.99. The third kappa shape index (κ3) is 5.84. The van der Waals surface area contributed by atoms with Gasteiger partial charge in [0.2, 0.25) is 0 Å². The van der Waals surface area contributed by atoms with Gasteiger partial charge in [-0.15, -0.1) is 6.42 Å². The van der Waals surface area contributed by atoms with E-state index in [0.717, 1.165) is 22.4 Å². The van der Waals surface area contributed by atoms with Crippen LogP contribution in [0, 0.1) is 19.3 Å². The molecule has 0 spiro atoms. The molecule has 4 rings (SSSR count). The van der Waals surface area contributed by atoms with Crippen LogP contribution < -0.4 is 19.8 Å². The Morgan fingerprint density at radius 2 is 1.92 bits per heavy atom. The molecule has 3 aromatic carbocycles. The summed E-state index contributed by atoms with van der Waals surface area (Å²) in [4.78, 5) is 18.6. The summed E-state index contributed by atoms with van der Waals surface area (Å²) in [7, 11) is 1.54. The molecule has 200 valence electrons. The van der Waals surface area contributed by atoms with E-state index in [0.29, 0.717) is 44.9 Å². The molecule has 39 heavy (non-hydrogen) atoms. The van der Waals surface area contributed by atoms with Crippen LogP contribution in [0.25, 0.3) is 22.3 Å². The van der Waals surface area contributed by atoms with Gasteiger partial charge < -0.3 is 14.2 Å². The number of hydrogen-bond acceptors (Lipinski definition) is 6. The van der Waals surface area contributed by atoms with E-state index in [1.165, 1.54) is 4.68 Å². The summed E-state index contributed by atoms with van der Waals surface area (Å²) in [5.41, 5.74) is 3.78.